The molecule has 0 unspecified atom stereocenters. The number of ether oxygens (including phenoxy) is 1. The zero-order valence-electron chi connectivity index (χ0n) is 12.5. The van der Waals surface area contributed by atoms with E-state index >= 15 is 0 Å². The van der Waals surface area contributed by atoms with E-state index in [0.717, 1.165) is 0 Å². The zero-order chi connectivity index (χ0) is 16.2. The third-order valence-electron chi connectivity index (χ3n) is 3.12. The highest BCUT2D eigenvalue weighted by atomic mass is 32.2. The highest BCUT2D eigenvalue weighted by Gasteiger charge is 2.23. The molecule has 0 aliphatic carbocycles. The van der Waals surface area contributed by atoms with E-state index in [1.807, 2.05) is 6.92 Å². The Balaban J connectivity index is 2.36. The zero-order valence-corrected chi connectivity index (χ0v) is 13.3. The van der Waals surface area contributed by atoms with E-state index in [1.165, 1.54) is 40.7 Å². The Kier molecular flexibility index (Phi) is 5.03. The van der Waals surface area contributed by atoms with E-state index in [0.29, 0.717) is 18.0 Å². The van der Waals surface area contributed by atoms with Gasteiger partial charge in [0.05, 0.1) is 17.2 Å². The molecular weight excluding hydrogens is 305 g/mol. The van der Waals surface area contributed by atoms with Crippen molar-refractivity contribution in [3.05, 3.63) is 54.3 Å². The third kappa shape index (κ3) is 3.39. The minimum atomic E-state index is -3.69. The second-order valence-corrected chi connectivity index (χ2v) is 6.41. The maximum absolute atomic E-state index is 13.0. The molecule has 0 fully saturated rings. The van der Waals surface area contributed by atoms with Crippen molar-refractivity contribution in [1.82, 2.24) is 0 Å². The van der Waals surface area contributed by atoms with Crippen molar-refractivity contribution < 1.29 is 17.5 Å². The molecule has 0 aromatic heterocycles. The lowest BCUT2D eigenvalue weighted by Gasteiger charge is -2.23. The van der Waals surface area contributed by atoms with Gasteiger partial charge in [-0.25, -0.2) is 12.8 Å². The van der Waals surface area contributed by atoms with E-state index in [4.69, 9.17) is 4.74 Å². The standard InChI is InChI=1S/C16H18FNO3S/c1-3-18(14-7-5-13(17)6-8-14)22(19,20)16-11-9-15(10-12-16)21-4-2/h5-12H,3-4H2,1-2H3. The molecule has 4 nitrogen and oxygen atoms in total. The van der Waals surface area contributed by atoms with E-state index in [9.17, 15) is 12.8 Å². The van der Waals surface area contributed by atoms with E-state index in [-0.39, 0.29) is 11.4 Å². The Hall–Kier alpha value is -2.08. The van der Waals surface area contributed by atoms with Crippen molar-refractivity contribution in [3.63, 3.8) is 0 Å². The van der Waals surface area contributed by atoms with E-state index in [1.54, 1.807) is 19.1 Å². The number of nitrogens with zero attached hydrogens (tertiary/aromatic N) is 1. The minimum absolute atomic E-state index is 0.169. The number of sulfonamides is 1. The smallest absolute Gasteiger partial charge is 0.264 e. The summed E-state index contributed by atoms with van der Waals surface area (Å²) in [7, 11) is -3.69. The van der Waals surface area contributed by atoms with Crippen LogP contribution in [0.5, 0.6) is 5.75 Å². The molecule has 0 saturated heterocycles. The molecule has 0 spiro atoms. The lowest BCUT2D eigenvalue weighted by atomic mass is 10.3. The average Bonchev–Trinajstić information content (AvgIpc) is 2.50. The van der Waals surface area contributed by atoms with Crippen LogP contribution >= 0.6 is 0 Å². The molecule has 22 heavy (non-hydrogen) atoms. The molecular formula is C16H18FNO3S. The first-order chi connectivity index (χ1) is 10.5. The van der Waals surface area contributed by atoms with Gasteiger partial charge in [-0.05, 0) is 62.4 Å². The molecule has 2 aromatic carbocycles. The van der Waals surface area contributed by atoms with Gasteiger partial charge in [0.1, 0.15) is 11.6 Å². The Labute approximate surface area is 130 Å². The van der Waals surface area contributed by atoms with Gasteiger partial charge in [0.25, 0.3) is 10.0 Å². The molecule has 0 N–H and O–H groups in total. The quantitative estimate of drug-likeness (QED) is 0.818. The largest absolute Gasteiger partial charge is 0.494 e. The predicted molar refractivity (Wildman–Crippen MR) is 84.2 cm³/mol. The lowest BCUT2D eigenvalue weighted by molar-refractivity contribution is 0.340. The summed E-state index contributed by atoms with van der Waals surface area (Å²) in [5, 5.41) is 0. The molecule has 2 aromatic rings. The first kappa shape index (κ1) is 16.3. The van der Waals surface area contributed by atoms with E-state index < -0.39 is 15.8 Å². The Morgan fingerprint density at radius 1 is 1.00 bits per heavy atom. The molecule has 0 amide bonds. The lowest BCUT2D eigenvalue weighted by Crippen LogP contribution is -2.30. The first-order valence-electron chi connectivity index (χ1n) is 7.00. The third-order valence-corrected chi connectivity index (χ3v) is 5.04. The molecule has 118 valence electrons. The summed E-state index contributed by atoms with van der Waals surface area (Å²) in [4.78, 5) is 0.169. The highest BCUT2D eigenvalue weighted by Crippen LogP contribution is 2.25. The topological polar surface area (TPSA) is 46.6 Å². The van der Waals surface area contributed by atoms with Crippen LogP contribution in [0.1, 0.15) is 13.8 Å². The summed E-state index contributed by atoms with van der Waals surface area (Å²) >= 11 is 0. The molecule has 0 saturated carbocycles. The van der Waals surface area contributed by atoms with Gasteiger partial charge in [0.2, 0.25) is 0 Å². The van der Waals surface area contributed by atoms with Crippen molar-refractivity contribution >= 4 is 15.7 Å². The van der Waals surface area contributed by atoms with Gasteiger partial charge < -0.3 is 4.74 Å². The van der Waals surface area contributed by atoms with Crippen LogP contribution in [0, 0.1) is 5.82 Å². The molecule has 0 bridgehead atoms. The monoisotopic (exact) mass is 323 g/mol. The van der Waals surface area contributed by atoms with Gasteiger partial charge in [0, 0.05) is 6.54 Å². The predicted octanol–water partition coefficient (Wildman–Crippen LogP) is 3.44. The van der Waals surface area contributed by atoms with Gasteiger partial charge in [-0.15, -0.1) is 0 Å². The number of halogens is 1. The SMILES string of the molecule is CCOc1ccc(S(=O)(=O)N(CC)c2ccc(F)cc2)cc1. The van der Waals surface area contributed by atoms with Crippen molar-refractivity contribution in [2.45, 2.75) is 18.7 Å². The van der Waals surface area contributed by atoms with E-state index in [2.05, 4.69) is 0 Å². The van der Waals surface area contributed by atoms with Crippen molar-refractivity contribution in [1.29, 1.82) is 0 Å². The summed E-state index contributed by atoms with van der Waals surface area (Å²) in [6.45, 7) is 4.36. The Bertz CT molecular complexity index is 712. The molecule has 2 rings (SSSR count). The van der Waals surface area contributed by atoms with Crippen LogP contribution in [0.25, 0.3) is 0 Å². The Morgan fingerprint density at radius 3 is 2.09 bits per heavy atom. The fourth-order valence-corrected chi connectivity index (χ4v) is 3.57. The molecule has 0 aliphatic rings. The van der Waals surface area contributed by atoms with Crippen LogP contribution in [0.15, 0.2) is 53.4 Å². The van der Waals surface area contributed by atoms with Crippen LogP contribution in [0.2, 0.25) is 0 Å². The molecule has 0 radical (unpaired) electrons. The number of rotatable bonds is 6. The van der Waals surface area contributed by atoms with Crippen LogP contribution in [0.3, 0.4) is 0 Å². The summed E-state index contributed by atoms with van der Waals surface area (Å²) in [6, 6.07) is 11.6. The summed E-state index contributed by atoms with van der Waals surface area (Å²) < 4.78 is 45.0. The van der Waals surface area contributed by atoms with Gasteiger partial charge >= 0.3 is 0 Å². The number of anilines is 1. The number of benzene rings is 2. The van der Waals surface area contributed by atoms with Gasteiger partial charge in [0.15, 0.2) is 0 Å². The number of hydrogen-bond acceptors (Lipinski definition) is 3. The molecule has 0 aliphatic heterocycles. The van der Waals surface area contributed by atoms with Crippen LogP contribution in [0.4, 0.5) is 10.1 Å². The van der Waals surface area contributed by atoms with Gasteiger partial charge in [-0.1, -0.05) is 0 Å². The maximum Gasteiger partial charge on any atom is 0.264 e. The van der Waals surface area contributed by atoms with Gasteiger partial charge in [-0.3, -0.25) is 4.31 Å². The Morgan fingerprint density at radius 2 is 1.59 bits per heavy atom. The van der Waals surface area contributed by atoms with Crippen LogP contribution in [-0.2, 0) is 10.0 Å². The second-order valence-electron chi connectivity index (χ2n) is 4.55. The summed E-state index contributed by atoms with van der Waals surface area (Å²) in [5.41, 5.74) is 0.429. The van der Waals surface area contributed by atoms with Crippen LogP contribution in [-0.4, -0.2) is 21.6 Å². The minimum Gasteiger partial charge on any atom is -0.494 e. The summed E-state index contributed by atoms with van der Waals surface area (Å²) in [5.74, 6) is 0.213. The first-order valence-corrected chi connectivity index (χ1v) is 8.44. The normalized spacial score (nSPS) is 11.2. The average molecular weight is 323 g/mol. The number of hydrogen-bond donors (Lipinski definition) is 0. The maximum atomic E-state index is 13.0. The fraction of sp³-hybridized carbons (Fsp3) is 0.250. The van der Waals surface area contributed by atoms with Gasteiger partial charge in [-0.2, -0.15) is 0 Å². The van der Waals surface area contributed by atoms with Crippen molar-refractivity contribution in [3.8, 4) is 5.75 Å². The fourth-order valence-electron chi connectivity index (χ4n) is 2.10. The highest BCUT2D eigenvalue weighted by molar-refractivity contribution is 7.92. The summed E-state index contributed by atoms with van der Waals surface area (Å²) in [6.07, 6.45) is 0. The molecule has 6 heteroatoms. The van der Waals surface area contributed by atoms with Crippen molar-refractivity contribution in [2.24, 2.45) is 0 Å². The van der Waals surface area contributed by atoms with Crippen LogP contribution < -0.4 is 9.04 Å². The molecule has 0 heterocycles. The van der Waals surface area contributed by atoms with Crippen molar-refractivity contribution in [2.75, 3.05) is 17.5 Å². The second kappa shape index (κ2) is 6.79. The molecule has 0 atom stereocenters.